The van der Waals surface area contributed by atoms with Gasteiger partial charge in [0.05, 0.1) is 0 Å². The molecule has 0 aromatic heterocycles. The lowest BCUT2D eigenvalue weighted by atomic mass is 9.82. The molecule has 0 atom stereocenters. The van der Waals surface area contributed by atoms with Gasteiger partial charge in [-0.25, -0.2) is 0 Å². The maximum atomic E-state index is 12.6. The maximum Gasteiger partial charge on any atom is 0.140 e. The first-order valence-electron chi connectivity index (χ1n) is 9.86. The molecule has 1 aromatic rings. The Labute approximate surface area is 146 Å². The monoisotopic (exact) mass is 326 g/mol. The van der Waals surface area contributed by atoms with Gasteiger partial charge in [-0.3, -0.25) is 9.59 Å². The third kappa shape index (κ3) is 4.55. The molecule has 0 heterocycles. The average molecular weight is 326 g/mol. The second kappa shape index (κ2) is 8.60. The van der Waals surface area contributed by atoms with Gasteiger partial charge in [-0.05, 0) is 36.8 Å². The van der Waals surface area contributed by atoms with Gasteiger partial charge in [-0.15, -0.1) is 0 Å². The lowest BCUT2D eigenvalue weighted by Crippen LogP contribution is -2.22. The van der Waals surface area contributed by atoms with Crippen molar-refractivity contribution >= 4 is 11.6 Å². The third-order valence-electron chi connectivity index (χ3n) is 5.97. The van der Waals surface area contributed by atoms with E-state index >= 15 is 0 Å². The second-order valence-electron chi connectivity index (χ2n) is 7.72. The highest BCUT2D eigenvalue weighted by atomic mass is 16.1. The molecule has 0 bridgehead atoms. The second-order valence-corrected chi connectivity index (χ2v) is 7.72. The molecule has 2 saturated carbocycles. The molecular formula is C22H30O2. The van der Waals surface area contributed by atoms with Crippen molar-refractivity contribution in [2.24, 2.45) is 11.8 Å². The summed E-state index contributed by atoms with van der Waals surface area (Å²) in [6.07, 6.45) is 12.6. The zero-order valence-electron chi connectivity index (χ0n) is 14.8. The molecule has 0 unspecified atom stereocenters. The Morgan fingerprint density at radius 3 is 1.42 bits per heavy atom. The lowest BCUT2D eigenvalue weighted by Gasteiger charge is -2.22. The maximum absolute atomic E-state index is 12.6. The standard InChI is InChI=1S/C22H30O2/c23-21(17-9-3-1-4-10-17)15-19-13-7-8-14-20(19)16-22(24)18-11-5-2-6-12-18/h7-8,13-14,17-18H,1-6,9-12,15-16H2. The van der Waals surface area contributed by atoms with E-state index in [1.165, 1.54) is 38.5 Å². The van der Waals surface area contributed by atoms with Crippen LogP contribution in [-0.2, 0) is 22.4 Å². The number of hydrogen-bond donors (Lipinski definition) is 0. The summed E-state index contributed by atoms with van der Waals surface area (Å²) in [6, 6.07) is 8.09. The Kier molecular flexibility index (Phi) is 6.23. The quantitative estimate of drug-likeness (QED) is 0.731. The predicted octanol–water partition coefficient (Wildman–Crippen LogP) is 5.07. The van der Waals surface area contributed by atoms with Gasteiger partial charge in [0.2, 0.25) is 0 Å². The molecule has 1 aromatic carbocycles. The van der Waals surface area contributed by atoms with E-state index in [1.54, 1.807) is 0 Å². The van der Waals surface area contributed by atoms with Crippen molar-refractivity contribution in [3.05, 3.63) is 35.4 Å². The third-order valence-corrected chi connectivity index (χ3v) is 5.97. The number of rotatable bonds is 6. The molecule has 0 saturated heterocycles. The summed E-state index contributed by atoms with van der Waals surface area (Å²) in [4.78, 5) is 25.2. The number of carbonyl (C=O) groups excluding carboxylic acids is 2. The van der Waals surface area contributed by atoms with Gasteiger partial charge in [0.1, 0.15) is 11.6 Å². The zero-order valence-corrected chi connectivity index (χ0v) is 14.8. The van der Waals surface area contributed by atoms with Crippen LogP contribution in [-0.4, -0.2) is 11.6 Å². The molecule has 0 N–H and O–H groups in total. The minimum absolute atomic E-state index is 0.251. The molecule has 2 fully saturated rings. The number of carbonyl (C=O) groups is 2. The molecule has 3 rings (SSSR count). The van der Waals surface area contributed by atoms with Crippen LogP contribution in [0.4, 0.5) is 0 Å². The fraction of sp³-hybridized carbons (Fsp3) is 0.636. The smallest absolute Gasteiger partial charge is 0.140 e. The first kappa shape index (κ1) is 17.4. The fourth-order valence-corrected chi connectivity index (χ4v) is 4.42. The highest BCUT2D eigenvalue weighted by Crippen LogP contribution is 2.28. The number of hydrogen-bond acceptors (Lipinski definition) is 2. The van der Waals surface area contributed by atoms with Crippen molar-refractivity contribution in [3.63, 3.8) is 0 Å². The molecule has 0 amide bonds. The van der Waals surface area contributed by atoms with Crippen LogP contribution in [0.25, 0.3) is 0 Å². The Balaban J connectivity index is 1.63. The summed E-state index contributed by atoms with van der Waals surface area (Å²) in [5, 5.41) is 0. The predicted molar refractivity (Wildman–Crippen MR) is 97.0 cm³/mol. The van der Waals surface area contributed by atoms with Gasteiger partial charge >= 0.3 is 0 Å². The van der Waals surface area contributed by atoms with Gasteiger partial charge in [-0.2, -0.15) is 0 Å². The summed E-state index contributed by atoms with van der Waals surface area (Å²) in [7, 11) is 0. The van der Waals surface area contributed by atoms with Gasteiger partial charge < -0.3 is 0 Å². The minimum Gasteiger partial charge on any atom is -0.299 e. The summed E-state index contributed by atoms with van der Waals surface area (Å²) in [5.41, 5.74) is 2.16. The topological polar surface area (TPSA) is 34.1 Å². The number of Topliss-reactive ketones (excluding diaryl/α,β-unsaturated/α-hetero) is 2. The van der Waals surface area contributed by atoms with Crippen LogP contribution < -0.4 is 0 Å². The SMILES string of the molecule is O=C(Cc1ccccc1CC(=O)C1CCCCC1)C1CCCCC1. The summed E-state index contributed by atoms with van der Waals surface area (Å²) in [5.74, 6) is 1.27. The van der Waals surface area contributed by atoms with Gasteiger partial charge in [0, 0.05) is 24.7 Å². The van der Waals surface area contributed by atoms with Crippen molar-refractivity contribution in [3.8, 4) is 0 Å². The Morgan fingerprint density at radius 1 is 0.667 bits per heavy atom. The van der Waals surface area contributed by atoms with Crippen LogP contribution in [0, 0.1) is 11.8 Å². The van der Waals surface area contributed by atoms with Gasteiger partial charge in [0.15, 0.2) is 0 Å². The average Bonchev–Trinajstić information content (AvgIpc) is 2.64. The summed E-state index contributed by atoms with van der Waals surface area (Å²) >= 11 is 0. The van der Waals surface area contributed by atoms with Crippen molar-refractivity contribution in [2.45, 2.75) is 77.0 Å². The van der Waals surface area contributed by atoms with Crippen LogP contribution in [0.3, 0.4) is 0 Å². The summed E-state index contributed by atoms with van der Waals surface area (Å²) < 4.78 is 0. The molecule has 130 valence electrons. The molecule has 0 spiro atoms. The van der Waals surface area contributed by atoms with Crippen LogP contribution in [0.2, 0.25) is 0 Å². The Morgan fingerprint density at radius 2 is 1.04 bits per heavy atom. The van der Waals surface area contributed by atoms with E-state index in [9.17, 15) is 9.59 Å². The largest absolute Gasteiger partial charge is 0.299 e. The van der Waals surface area contributed by atoms with E-state index in [1.807, 2.05) is 24.3 Å². The van der Waals surface area contributed by atoms with E-state index in [4.69, 9.17) is 0 Å². The lowest BCUT2D eigenvalue weighted by molar-refractivity contribution is -0.124. The Hall–Kier alpha value is -1.44. The molecule has 24 heavy (non-hydrogen) atoms. The van der Waals surface area contributed by atoms with Crippen LogP contribution in [0.1, 0.15) is 75.3 Å². The fourth-order valence-electron chi connectivity index (χ4n) is 4.42. The molecule has 0 aliphatic heterocycles. The zero-order chi connectivity index (χ0) is 16.8. The van der Waals surface area contributed by atoms with E-state index in [-0.39, 0.29) is 11.8 Å². The van der Waals surface area contributed by atoms with Crippen molar-refractivity contribution in [2.75, 3.05) is 0 Å². The van der Waals surface area contributed by atoms with E-state index in [0.29, 0.717) is 24.4 Å². The molecule has 2 aliphatic rings. The van der Waals surface area contributed by atoms with Crippen molar-refractivity contribution in [1.82, 2.24) is 0 Å². The van der Waals surface area contributed by atoms with Gasteiger partial charge in [0.25, 0.3) is 0 Å². The number of ketones is 2. The van der Waals surface area contributed by atoms with E-state index < -0.39 is 0 Å². The van der Waals surface area contributed by atoms with E-state index in [0.717, 1.165) is 36.8 Å². The molecule has 2 nitrogen and oxygen atoms in total. The molecule has 2 aliphatic carbocycles. The molecule has 2 heteroatoms. The van der Waals surface area contributed by atoms with Crippen LogP contribution >= 0.6 is 0 Å². The minimum atomic E-state index is 0.251. The summed E-state index contributed by atoms with van der Waals surface area (Å²) in [6.45, 7) is 0. The first-order valence-corrected chi connectivity index (χ1v) is 9.86. The Bertz CT molecular complexity index is 512. The van der Waals surface area contributed by atoms with Crippen LogP contribution in [0.15, 0.2) is 24.3 Å². The normalized spacial score (nSPS) is 20.0. The molecule has 0 radical (unpaired) electrons. The highest BCUT2D eigenvalue weighted by Gasteiger charge is 2.24. The van der Waals surface area contributed by atoms with Crippen LogP contribution in [0.5, 0.6) is 0 Å². The van der Waals surface area contributed by atoms with Crippen molar-refractivity contribution in [1.29, 1.82) is 0 Å². The first-order chi connectivity index (χ1) is 11.7. The van der Waals surface area contributed by atoms with Crippen molar-refractivity contribution < 1.29 is 9.59 Å². The van der Waals surface area contributed by atoms with Gasteiger partial charge in [-0.1, -0.05) is 62.8 Å². The van der Waals surface area contributed by atoms with E-state index in [2.05, 4.69) is 0 Å². The highest BCUT2D eigenvalue weighted by molar-refractivity contribution is 5.86. The molecular weight excluding hydrogens is 296 g/mol. The number of benzene rings is 1.